The van der Waals surface area contributed by atoms with E-state index in [0.717, 1.165) is 16.7 Å². The van der Waals surface area contributed by atoms with Crippen LogP contribution in [0.2, 0.25) is 0 Å². The number of carbonyl (C=O) groups is 1. The van der Waals surface area contributed by atoms with Gasteiger partial charge in [0.1, 0.15) is 6.10 Å². The Morgan fingerprint density at radius 1 is 0.741 bits per heavy atom. The lowest BCUT2D eigenvalue weighted by atomic mass is 10.00. The average Bonchev–Trinajstić information content (AvgIpc) is 2.73. The zero-order valence-electron chi connectivity index (χ0n) is 15.5. The summed E-state index contributed by atoms with van der Waals surface area (Å²) in [6.45, 7) is 2.17. The molecule has 1 unspecified atom stereocenters. The highest BCUT2D eigenvalue weighted by Crippen LogP contribution is 2.34. The third-order valence-corrected chi connectivity index (χ3v) is 4.33. The third-order valence-electron chi connectivity index (χ3n) is 4.33. The van der Waals surface area contributed by atoms with E-state index in [2.05, 4.69) is 0 Å². The first kappa shape index (κ1) is 18.9. The van der Waals surface area contributed by atoms with E-state index in [0.29, 0.717) is 6.61 Å². The summed E-state index contributed by atoms with van der Waals surface area (Å²) in [7, 11) is 0. The third kappa shape index (κ3) is 5.28. The predicted molar refractivity (Wildman–Crippen MR) is 106 cm³/mol. The van der Waals surface area contributed by atoms with Crippen molar-refractivity contribution < 1.29 is 14.3 Å². The molecule has 0 aliphatic rings. The fourth-order valence-corrected chi connectivity index (χ4v) is 3.05. The summed E-state index contributed by atoms with van der Waals surface area (Å²) in [5.41, 5.74) is 3.06. The van der Waals surface area contributed by atoms with E-state index >= 15 is 0 Å². The molecule has 0 saturated carbocycles. The number of ether oxygens (including phenoxy) is 2. The van der Waals surface area contributed by atoms with Crippen molar-refractivity contribution >= 4 is 5.97 Å². The fraction of sp³-hybridized carbons (Fsp3) is 0.208. The Morgan fingerprint density at radius 2 is 1.19 bits per heavy atom. The van der Waals surface area contributed by atoms with Gasteiger partial charge < -0.3 is 9.47 Å². The minimum atomic E-state index is -0.393. The van der Waals surface area contributed by atoms with Gasteiger partial charge in [-0.05, 0) is 23.6 Å². The molecule has 0 spiro atoms. The molecule has 3 aromatic rings. The molecule has 0 fully saturated rings. The standard InChI is InChI=1S/C24H24O3/c1-2-26-23(25)18-22(19-12-6-3-7-13-19)27-24(20-14-8-4-9-15-20)21-16-10-5-11-17-21/h3-17,22,24H,2,18H2,1H3. The number of hydrogen-bond acceptors (Lipinski definition) is 3. The van der Waals surface area contributed by atoms with Gasteiger partial charge in [-0.3, -0.25) is 4.79 Å². The fourth-order valence-electron chi connectivity index (χ4n) is 3.05. The second-order valence-electron chi connectivity index (χ2n) is 6.25. The van der Waals surface area contributed by atoms with Crippen LogP contribution in [0, 0.1) is 0 Å². The van der Waals surface area contributed by atoms with Gasteiger partial charge in [0.2, 0.25) is 0 Å². The van der Waals surface area contributed by atoms with Crippen molar-refractivity contribution in [3.63, 3.8) is 0 Å². The molecule has 0 bridgehead atoms. The van der Waals surface area contributed by atoms with Crippen molar-refractivity contribution in [2.45, 2.75) is 25.6 Å². The Labute approximate surface area is 160 Å². The van der Waals surface area contributed by atoms with Crippen LogP contribution in [0.15, 0.2) is 91.0 Å². The van der Waals surface area contributed by atoms with Gasteiger partial charge in [0.15, 0.2) is 0 Å². The highest BCUT2D eigenvalue weighted by molar-refractivity contribution is 5.70. The first-order valence-electron chi connectivity index (χ1n) is 9.24. The van der Waals surface area contributed by atoms with E-state index in [1.54, 1.807) is 0 Å². The van der Waals surface area contributed by atoms with Gasteiger partial charge in [0.25, 0.3) is 0 Å². The van der Waals surface area contributed by atoms with Crippen LogP contribution < -0.4 is 0 Å². The van der Waals surface area contributed by atoms with Gasteiger partial charge >= 0.3 is 5.97 Å². The van der Waals surface area contributed by atoms with Gasteiger partial charge in [-0.15, -0.1) is 0 Å². The zero-order chi connectivity index (χ0) is 18.9. The van der Waals surface area contributed by atoms with E-state index in [1.807, 2.05) is 97.9 Å². The molecular formula is C24H24O3. The number of benzene rings is 3. The summed E-state index contributed by atoms with van der Waals surface area (Å²) >= 11 is 0. The summed E-state index contributed by atoms with van der Waals surface area (Å²) in [6, 6.07) is 30.0. The number of esters is 1. The maximum absolute atomic E-state index is 12.2. The van der Waals surface area contributed by atoms with E-state index in [-0.39, 0.29) is 18.5 Å². The lowest BCUT2D eigenvalue weighted by Crippen LogP contribution is -2.17. The largest absolute Gasteiger partial charge is 0.466 e. The lowest BCUT2D eigenvalue weighted by molar-refractivity contribution is -0.147. The second kappa shape index (κ2) is 9.70. The maximum atomic E-state index is 12.2. The molecule has 0 aliphatic heterocycles. The molecule has 138 valence electrons. The molecule has 3 heteroatoms. The van der Waals surface area contributed by atoms with Crippen LogP contribution in [0.1, 0.15) is 42.2 Å². The molecule has 0 saturated heterocycles. The first-order valence-corrected chi connectivity index (χ1v) is 9.24. The Bertz CT molecular complexity index is 777. The Morgan fingerprint density at radius 3 is 1.63 bits per heavy atom. The van der Waals surface area contributed by atoms with E-state index in [9.17, 15) is 4.79 Å². The van der Waals surface area contributed by atoms with E-state index in [4.69, 9.17) is 9.47 Å². The Hall–Kier alpha value is -2.91. The van der Waals surface area contributed by atoms with Gasteiger partial charge in [0, 0.05) is 0 Å². The molecule has 0 heterocycles. The SMILES string of the molecule is CCOC(=O)CC(OC(c1ccccc1)c1ccccc1)c1ccccc1. The van der Waals surface area contributed by atoms with Crippen LogP contribution >= 0.6 is 0 Å². The van der Waals surface area contributed by atoms with E-state index in [1.165, 1.54) is 0 Å². The smallest absolute Gasteiger partial charge is 0.308 e. The number of rotatable bonds is 8. The molecule has 3 nitrogen and oxygen atoms in total. The van der Waals surface area contributed by atoms with Crippen LogP contribution in [-0.4, -0.2) is 12.6 Å². The summed E-state index contributed by atoms with van der Waals surface area (Å²) in [5, 5.41) is 0. The van der Waals surface area contributed by atoms with E-state index < -0.39 is 6.10 Å². The topological polar surface area (TPSA) is 35.5 Å². The van der Waals surface area contributed by atoms with Crippen molar-refractivity contribution in [2.24, 2.45) is 0 Å². The van der Waals surface area contributed by atoms with Crippen molar-refractivity contribution in [1.29, 1.82) is 0 Å². The zero-order valence-corrected chi connectivity index (χ0v) is 15.5. The Balaban J connectivity index is 1.93. The van der Waals surface area contributed by atoms with Crippen molar-refractivity contribution in [3.8, 4) is 0 Å². The minimum Gasteiger partial charge on any atom is -0.466 e. The molecule has 0 amide bonds. The summed E-state index contributed by atoms with van der Waals surface area (Å²) in [5.74, 6) is -0.258. The first-order chi connectivity index (χ1) is 13.3. The highest BCUT2D eigenvalue weighted by atomic mass is 16.5. The normalized spacial score (nSPS) is 11.9. The van der Waals surface area contributed by atoms with Crippen LogP contribution in [0.4, 0.5) is 0 Å². The minimum absolute atomic E-state index is 0.175. The average molecular weight is 360 g/mol. The highest BCUT2D eigenvalue weighted by Gasteiger charge is 2.24. The van der Waals surface area contributed by atoms with Crippen LogP contribution in [-0.2, 0) is 14.3 Å². The molecule has 0 N–H and O–H groups in total. The summed E-state index contributed by atoms with van der Waals surface area (Å²) in [6.07, 6.45) is -0.490. The van der Waals surface area contributed by atoms with Gasteiger partial charge in [-0.25, -0.2) is 0 Å². The van der Waals surface area contributed by atoms with Crippen LogP contribution in [0.3, 0.4) is 0 Å². The molecule has 0 aliphatic carbocycles. The van der Waals surface area contributed by atoms with Gasteiger partial charge in [-0.2, -0.15) is 0 Å². The monoisotopic (exact) mass is 360 g/mol. The molecule has 1 atom stereocenters. The van der Waals surface area contributed by atoms with Gasteiger partial charge in [-0.1, -0.05) is 91.0 Å². The second-order valence-corrected chi connectivity index (χ2v) is 6.25. The molecule has 3 rings (SSSR count). The summed E-state index contributed by atoms with van der Waals surface area (Å²) < 4.78 is 11.7. The van der Waals surface area contributed by atoms with Crippen molar-refractivity contribution in [3.05, 3.63) is 108 Å². The quantitative estimate of drug-likeness (QED) is 0.499. The van der Waals surface area contributed by atoms with Crippen LogP contribution in [0.5, 0.6) is 0 Å². The summed E-state index contributed by atoms with van der Waals surface area (Å²) in [4.78, 5) is 12.2. The molecule has 0 radical (unpaired) electrons. The molecule has 3 aromatic carbocycles. The number of hydrogen-bond donors (Lipinski definition) is 0. The van der Waals surface area contributed by atoms with Crippen molar-refractivity contribution in [2.75, 3.05) is 6.61 Å². The van der Waals surface area contributed by atoms with Crippen molar-refractivity contribution in [1.82, 2.24) is 0 Å². The number of carbonyl (C=O) groups excluding carboxylic acids is 1. The van der Waals surface area contributed by atoms with Gasteiger partial charge in [0.05, 0.1) is 19.1 Å². The molecule has 27 heavy (non-hydrogen) atoms. The predicted octanol–water partition coefficient (Wildman–Crippen LogP) is 5.49. The maximum Gasteiger partial charge on any atom is 0.308 e. The molecule has 0 aromatic heterocycles. The molecular weight excluding hydrogens is 336 g/mol. The Kier molecular flexibility index (Phi) is 6.78. The lowest BCUT2D eigenvalue weighted by Gasteiger charge is -2.26. The van der Waals surface area contributed by atoms with Crippen LogP contribution in [0.25, 0.3) is 0 Å².